The van der Waals surface area contributed by atoms with E-state index in [1.807, 2.05) is 19.2 Å². The summed E-state index contributed by atoms with van der Waals surface area (Å²) >= 11 is 5.89. The zero-order valence-corrected chi connectivity index (χ0v) is 13.2. The molecule has 3 atom stereocenters. The Bertz CT molecular complexity index is 435. The summed E-state index contributed by atoms with van der Waals surface area (Å²) in [5.74, 6) is 1.08. The van der Waals surface area contributed by atoms with Crippen molar-refractivity contribution in [1.29, 1.82) is 0 Å². The third-order valence-corrected chi connectivity index (χ3v) is 4.96. The third kappa shape index (κ3) is 3.73. The van der Waals surface area contributed by atoms with Crippen LogP contribution in [0.15, 0.2) is 18.2 Å². The van der Waals surface area contributed by atoms with Gasteiger partial charge in [0.2, 0.25) is 0 Å². The molecule has 3 heteroatoms. The number of benzene rings is 1. The Kier molecular flexibility index (Phi) is 5.86. The van der Waals surface area contributed by atoms with Gasteiger partial charge in [0.15, 0.2) is 0 Å². The van der Waals surface area contributed by atoms with Gasteiger partial charge in [-0.15, -0.1) is 0 Å². The van der Waals surface area contributed by atoms with Gasteiger partial charge in [-0.3, -0.25) is 0 Å². The molecule has 1 aromatic rings. The fraction of sp³-hybridized carbons (Fsp3) is 0.647. The first-order chi connectivity index (χ1) is 9.65. The second kappa shape index (κ2) is 7.42. The lowest BCUT2D eigenvalue weighted by Crippen LogP contribution is -2.39. The maximum Gasteiger partial charge on any atom is 0.144 e. The predicted molar refractivity (Wildman–Crippen MR) is 83.7 cm³/mol. The molecule has 20 heavy (non-hydrogen) atoms. The molecule has 2 rings (SSSR count). The normalized spacial score (nSPS) is 26.7. The van der Waals surface area contributed by atoms with Crippen molar-refractivity contribution in [3.8, 4) is 0 Å². The second-order valence-electron chi connectivity index (χ2n) is 6.04. The van der Waals surface area contributed by atoms with E-state index in [4.69, 9.17) is 11.6 Å². The first-order valence-corrected chi connectivity index (χ1v) is 8.13. The standard InChI is InChI=1S/C17H25ClFN/c1-3-5-12-8-9-16(20-2)14(10-12)11-13-6-4-7-15(18)17(13)19/h4,6-7,12,14,16,20H,3,5,8-11H2,1-2H3. The van der Waals surface area contributed by atoms with E-state index in [1.54, 1.807) is 6.07 Å². The summed E-state index contributed by atoms with van der Waals surface area (Å²) in [6.07, 6.45) is 7.03. The molecule has 1 aliphatic carbocycles. The van der Waals surface area contributed by atoms with Crippen molar-refractivity contribution in [1.82, 2.24) is 5.32 Å². The van der Waals surface area contributed by atoms with E-state index in [-0.39, 0.29) is 10.8 Å². The van der Waals surface area contributed by atoms with Crippen LogP contribution < -0.4 is 5.32 Å². The van der Waals surface area contributed by atoms with E-state index >= 15 is 0 Å². The Morgan fingerprint density at radius 3 is 2.85 bits per heavy atom. The quantitative estimate of drug-likeness (QED) is 0.821. The number of rotatable bonds is 5. The maximum atomic E-state index is 14.1. The van der Waals surface area contributed by atoms with Gasteiger partial charge in [0, 0.05) is 6.04 Å². The van der Waals surface area contributed by atoms with Crippen LogP contribution in [0.25, 0.3) is 0 Å². The van der Waals surface area contributed by atoms with E-state index in [9.17, 15) is 4.39 Å². The number of hydrogen-bond donors (Lipinski definition) is 1. The molecule has 1 aliphatic rings. The van der Waals surface area contributed by atoms with Crippen LogP contribution in [0.4, 0.5) is 4.39 Å². The van der Waals surface area contributed by atoms with Crippen LogP contribution in [-0.2, 0) is 6.42 Å². The Balaban J connectivity index is 2.09. The van der Waals surface area contributed by atoms with Crippen molar-refractivity contribution in [2.75, 3.05) is 7.05 Å². The smallest absolute Gasteiger partial charge is 0.144 e. The van der Waals surface area contributed by atoms with Gasteiger partial charge in [0.1, 0.15) is 5.82 Å². The van der Waals surface area contributed by atoms with Gasteiger partial charge in [-0.05, 0) is 56.2 Å². The summed E-state index contributed by atoms with van der Waals surface area (Å²) in [6.45, 7) is 2.25. The van der Waals surface area contributed by atoms with Gasteiger partial charge < -0.3 is 5.32 Å². The first-order valence-electron chi connectivity index (χ1n) is 7.75. The molecule has 1 N–H and O–H groups in total. The van der Waals surface area contributed by atoms with Crippen LogP contribution in [0.1, 0.15) is 44.6 Å². The molecule has 1 aromatic carbocycles. The minimum Gasteiger partial charge on any atom is -0.317 e. The van der Waals surface area contributed by atoms with E-state index in [2.05, 4.69) is 12.2 Å². The van der Waals surface area contributed by atoms with Crippen LogP contribution in [0, 0.1) is 17.7 Å². The molecule has 1 fully saturated rings. The fourth-order valence-corrected chi connectivity index (χ4v) is 3.82. The zero-order valence-electron chi connectivity index (χ0n) is 12.5. The van der Waals surface area contributed by atoms with Gasteiger partial charge in [-0.2, -0.15) is 0 Å². The molecule has 3 unspecified atom stereocenters. The van der Waals surface area contributed by atoms with Gasteiger partial charge >= 0.3 is 0 Å². The molecule has 112 valence electrons. The summed E-state index contributed by atoms with van der Waals surface area (Å²) in [7, 11) is 2.02. The first kappa shape index (κ1) is 15.8. The number of hydrogen-bond acceptors (Lipinski definition) is 1. The number of nitrogens with one attached hydrogen (secondary N) is 1. The van der Waals surface area contributed by atoms with Crippen LogP contribution in [0.5, 0.6) is 0 Å². The van der Waals surface area contributed by atoms with Crippen molar-refractivity contribution < 1.29 is 4.39 Å². The van der Waals surface area contributed by atoms with Gasteiger partial charge in [-0.25, -0.2) is 4.39 Å². The van der Waals surface area contributed by atoms with Crippen molar-refractivity contribution in [3.05, 3.63) is 34.6 Å². The Morgan fingerprint density at radius 2 is 2.15 bits per heavy atom. The molecule has 0 spiro atoms. The highest BCUT2D eigenvalue weighted by molar-refractivity contribution is 6.30. The zero-order chi connectivity index (χ0) is 14.5. The lowest BCUT2D eigenvalue weighted by molar-refractivity contribution is 0.199. The molecular weight excluding hydrogens is 273 g/mol. The molecule has 0 bridgehead atoms. The summed E-state index contributed by atoms with van der Waals surface area (Å²) < 4.78 is 14.1. The summed E-state index contributed by atoms with van der Waals surface area (Å²) in [5.41, 5.74) is 0.764. The molecule has 1 nitrogen and oxygen atoms in total. The Hall–Kier alpha value is -0.600. The van der Waals surface area contributed by atoms with E-state index < -0.39 is 0 Å². The van der Waals surface area contributed by atoms with Crippen molar-refractivity contribution >= 4 is 11.6 Å². The highest BCUT2D eigenvalue weighted by atomic mass is 35.5. The van der Waals surface area contributed by atoms with Gasteiger partial charge in [0.25, 0.3) is 0 Å². The Labute approximate surface area is 126 Å². The minimum absolute atomic E-state index is 0.235. The van der Waals surface area contributed by atoms with Crippen LogP contribution in [-0.4, -0.2) is 13.1 Å². The van der Waals surface area contributed by atoms with Crippen molar-refractivity contribution in [2.24, 2.45) is 11.8 Å². The van der Waals surface area contributed by atoms with Crippen molar-refractivity contribution in [2.45, 2.75) is 51.5 Å². The fourth-order valence-electron chi connectivity index (χ4n) is 3.63. The molecule has 0 radical (unpaired) electrons. The summed E-state index contributed by atoms with van der Waals surface area (Å²) in [5, 5.41) is 3.66. The highest BCUT2D eigenvalue weighted by Crippen LogP contribution is 2.35. The molecule has 0 saturated heterocycles. The van der Waals surface area contributed by atoms with E-state index in [1.165, 1.54) is 32.1 Å². The lowest BCUT2D eigenvalue weighted by Gasteiger charge is -2.36. The second-order valence-corrected chi connectivity index (χ2v) is 6.45. The number of halogens is 2. The molecule has 0 aliphatic heterocycles. The SMILES string of the molecule is CCCC1CCC(NC)C(Cc2cccc(Cl)c2F)C1. The Morgan fingerprint density at radius 1 is 1.35 bits per heavy atom. The minimum atomic E-state index is -0.235. The molecule has 0 heterocycles. The van der Waals surface area contributed by atoms with Crippen LogP contribution in [0.2, 0.25) is 5.02 Å². The summed E-state index contributed by atoms with van der Waals surface area (Å²) in [4.78, 5) is 0. The average Bonchev–Trinajstić information content (AvgIpc) is 2.45. The van der Waals surface area contributed by atoms with Gasteiger partial charge in [0.05, 0.1) is 5.02 Å². The van der Waals surface area contributed by atoms with Crippen molar-refractivity contribution in [3.63, 3.8) is 0 Å². The molecule has 0 amide bonds. The monoisotopic (exact) mass is 297 g/mol. The van der Waals surface area contributed by atoms with E-state index in [0.717, 1.165) is 17.9 Å². The van der Waals surface area contributed by atoms with E-state index in [0.29, 0.717) is 12.0 Å². The summed E-state index contributed by atoms with van der Waals surface area (Å²) in [6, 6.07) is 5.84. The largest absolute Gasteiger partial charge is 0.317 e. The highest BCUT2D eigenvalue weighted by Gasteiger charge is 2.29. The predicted octanol–water partition coefficient (Wildman–Crippen LogP) is 4.83. The molecule has 1 saturated carbocycles. The average molecular weight is 298 g/mol. The molecule has 0 aromatic heterocycles. The van der Waals surface area contributed by atoms with Crippen LogP contribution >= 0.6 is 11.6 Å². The lowest BCUT2D eigenvalue weighted by atomic mass is 9.74. The topological polar surface area (TPSA) is 12.0 Å². The molecular formula is C17H25ClFN. The van der Waals surface area contributed by atoms with Gasteiger partial charge in [-0.1, -0.05) is 43.5 Å². The third-order valence-electron chi connectivity index (χ3n) is 4.67. The maximum absolute atomic E-state index is 14.1. The van der Waals surface area contributed by atoms with Crippen LogP contribution in [0.3, 0.4) is 0 Å².